The van der Waals surface area contributed by atoms with Crippen molar-refractivity contribution in [2.24, 2.45) is 0 Å². The highest BCUT2D eigenvalue weighted by molar-refractivity contribution is 7.85. The van der Waals surface area contributed by atoms with Crippen LogP contribution in [-0.2, 0) is 19.6 Å². The second kappa shape index (κ2) is 7.75. The summed E-state index contributed by atoms with van der Waals surface area (Å²) >= 11 is 0. The summed E-state index contributed by atoms with van der Waals surface area (Å²) < 4.78 is 37.4. The number of rotatable bonds is 9. The van der Waals surface area contributed by atoms with Gasteiger partial charge in [0.2, 0.25) is 0 Å². The number of ether oxygens (including phenoxy) is 1. The Bertz CT molecular complexity index is 442. The number of hydrogen-bond donors (Lipinski definition) is 0. The summed E-state index contributed by atoms with van der Waals surface area (Å²) in [5.41, 5.74) is 0.367. The Balaban J connectivity index is 4.08. The molecule has 0 spiro atoms. The summed E-state index contributed by atoms with van der Waals surface area (Å²) in [6.45, 7) is 8.23. The number of esters is 1. The van der Waals surface area contributed by atoms with Gasteiger partial charge in [-0.1, -0.05) is 6.58 Å². The maximum Gasteiger partial charge on any atom is 0.333 e. The summed E-state index contributed by atoms with van der Waals surface area (Å²) in [6.07, 6.45) is 0.773. The maximum atomic E-state index is 11.3. The van der Waals surface area contributed by atoms with E-state index in [1.165, 1.54) is 0 Å². The smallest absolute Gasteiger partial charge is 0.333 e. The van der Waals surface area contributed by atoms with Gasteiger partial charge in [0.05, 0.1) is 37.3 Å². The van der Waals surface area contributed by atoms with Crippen molar-refractivity contribution in [1.29, 1.82) is 0 Å². The lowest BCUT2D eigenvalue weighted by molar-refractivity contribution is -0.890. The zero-order valence-corrected chi connectivity index (χ0v) is 13.5. The first-order chi connectivity index (χ1) is 8.93. The molecule has 0 aromatic rings. The Labute approximate surface area is 121 Å². The summed E-state index contributed by atoms with van der Waals surface area (Å²) in [4.78, 5) is 11.3. The third-order valence-electron chi connectivity index (χ3n) is 2.96. The Morgan fingerprint density at radius 3 is 2.35 bits per heavy atom. The normalized spacial score (nSPS) is 13.8. The monoisotopic (exact) mass is 307 g/mol. The maximum absolute atomic E-state index is 11.3. The molecule has 0 aliphatic heterocycles. The first-order valence-electron chi connectivity index (χ1n) is 6.55. The van der Waals surface area contributed by atoms with Crippen molar-refractivity contribution < 1.29 is 27.0 Å². The first kappa shape index (κ1) is 19.1. The van der Waals surface area contributed by atoms with Gasteiger partial charge in [-0.3, -0.25) is 0 Å². The Morgan fingerprint density at radius 2 is 1.90 bits per heavy atom. The molecule has 1 unspecified atom stereocenters. The third kappa shape index (κ3) is 9.94. The summed E-state index contributed by atoms with van der Waals surface area (Å²) in [5.74, 6) is -0.741. The van der Waals surface area contributed by atoms with Crippen LogP contribution in [-0.4, -0.2) is 62.5 Å². The molecule has 118 valence electrons. The highest BCUT2D eigenvalue weighted by atomic mass is 32.2. The molecular formula is C13H25NO5S. The molecule has 0 aliphatic carbocycles. The van der Waals surface area contributed by atoms with E-state index < -0.39 is 16.1 Å². The molecular weight excluding hydrogens is 282 g/mol. The number of carbonyl (C=O) groups is 1. The molecule has 0 aromatic heterocycles. The van der Waals surface area contributed by atoms with Crippen molar-refractivity contribution in [1.82, 2.24) is 0 Å². The van der Waals surface area contributed by atoms with Crippen LogP contribution in [0.1, 0.15) is 26.7 Å². The topological polar surface area (TPSA) is 83.5 Å². The molecule has 0 rings (SSSR count). The van der Waals surface area contributed by atoms with E-state index >= 15 is 0 Å². The van der Waals surface area contributed by atoms with Crippen LogP contribution < -0.4 is 0 Å². The van der Waals surface area contributed by atoms with E-state index in [2.05, 4.69) is 6.58 Å². The minimum Gasteiger partial charge on any atom is -0.748 e. The average molecular weight is 307 g/mol. The lowest BCUT2D eigenvalue weighted by Crippen LogP contribution is -2.43. The zero-order chi connectivity index (χ0) is 16.0. The van der Waals surface area contributed by atoms with Gasteiger partial charge in [-0.25, -0.2) is 13.2 Å². The fraction of sp³-hybridized carbons (Fsp3) is 0.769. The van der Waals surface area contributed by atoms with E-state index in [0.29, 0.717) is 29.4 Å². The van der Waals surface area contributed by atoms with Crippen LogP contribution in [0.15, 0.2) is 12.2 Å². The van der Waals surface area contributed by atoms with Crippen molar-refractivity contribution in [2.75, 3.05) is 32.9 Å². The van der Waals surface area contributed by atoms with Crippen LogP contribution in [0.2, 0.25) is 0 Å². The van der Waals surface area contributed by atoms with Gasteiger partial charge in [-0.05, 0) is 13.8 Å². The van der Waals surface area contributed by atoms with Gasteiger partial charge in [0.15, 0.2) is 0 Å². The number of nitrogens with zero attached hydrogens (tertiary/aromatic N) is 1. The molecule has 6 nitrogen and oxygen atoms in total. The van der Waals surface area contributed by atoms with Crippen molar-refractivity contribution in [2.45, 2.75) is 32.8 Å². The lowest BCUT2D eigenvalue weighted by atomic mass is 10.2. The van der Waals surface area contributed by atoms with E-state index in [4.69, 9.17) is 4.74 Å². The summed E-state index contributed by atoms with van der Waals surface area (Å²) in [7, 11) is -0.244. The molecule has 0 fully saturated rings. The predicted molar refractivity (Wildman–Crippen MR) is 76.0 cm³/mol. The third-order valence-corrected chi connectivity index (χ3v) is 3.74. The minimum atomic E-state index is -4.14. The molecule has 0 saturated carbocycles. The quantitative estimate of drug-likeness (QED) is 0.273. The first-order valence-corrected chi connectivity index (χ1v) is 8.13. The van der Waals surface area contributed by atoms with Crippen molar-refractivity contribution in [3.63, 3.8) is 0 Å². The second-order valence-electron chi connectivity index (χ2n) is 5.78. The van der Waals surface area contributed by atoms with Gasteiger partial charge in [0, 0.05) is 24.2 Å². The number of hydrogen-bond acceptors (Lipinski definition) is 5. The largest absolute Gasteiger partial charge is 0.748 e. The summed E-state index contributed by atoms with van der Waals surface area (Å²) in [6, 6.07) is 0. The van der Waals surface area contributed by atoms with Gasteiger partial charge >= 0.3 is 5.97 Å². The zero-order valence-electron chi connectivity index (χ0n) is 12.7. The Hall–Kier alpha value is -0.920. The Morgan fingerprint density at radius 1 is 1.35 bits per heavy atom. The molecule has 7 heteroatoms. The summed E-state index contributed by atoms with van der Waals surface area (Å²) in [5, 5.41) is 0. The highest BCUT2D eigenvalue weighted by Gasteiger charge is 2.18. The molecule has 0 aliphatic rings. The number of carbonyl (C=O) groups excluding carboxylic acids is 1. The average Bonchev–Trinajstić information content (AvgIpc) is 2.24. The SMILES string of the molecule is C=C(C)C(=O)OC(C)CC[N+](C)(C)CCCS(=O)(=O)[O-]. The van der Waals surface area contributed by atoms with Crippen molar-refractivity contribution >= 4 is 16.1 Å². The molecule has 0 aromatic carbocycles. The fourth-order valence-electron chi connectivity index (χ4n) is 1.65. The van der Waals surface area contributed by atoms with Crippen LogP contribution in [0.5, 0.6) is 0 Å². The van der Waals surface area contributed by atoms with Crippen LogP contribution in [0.4, 0.5) is 0 Å². The molecule has 0 saturated heterocycles. The van der Waals surface area contributed by atoms with Crippen molar-refractivity contribution in [3.05, 3.63) is 12.2 Å². The molecule has 0 amide bonds. The van der Waals surface area contributed by atoms with E-state index in [-0.39, 0.29) is 11.9 Å². The van der Waals surface area contributed by atoms with E-state index in [0.717, 1.165) is 6.54 Å². The van der Waals surface area contributed by atoms with Crippen LogP contribution in [0.3, 0.4) is 0 Å². The van der Waals surface area contributed by atoms with Gasteiger partial charge in [0.25, 0.3) is 0 Å². The standard InChI is InChI=1S/C13H25NO5S/c1-11(2)13(15)19-12(3)7-9-14(4,5)8-6-10-20(16,17)18/h12H,1,6-10H2,2-5H3. The fourth-order valence-corrected chi connectivity index (χ4v) is 2.14. The second-order valence-corrected chi connectivity index (χ2v) is 7.31. The van der Waals surface area contributed by atoms with E-state index in [9.17, 15) is 17.8 Å². The van der Waals surface area contributed by atoms with Gasteiger partial charge in [-0.2, -0.15) is 0 Å². The number of quaternary nitrogens is 1. The molecule has 0 heterocycles. The molecule has 0 bridgehead atoms. The van der Waals surface area contributed by atoms with Gasteiger partial charge < -0.3 is 13.8 Å². The predicted octanol–water partition coefficient (Wildman–Crippen LogP) is 0.896. The molecule has 1 atom stereocenters. The molecule has 0 radical (unpaired) electrons. The van der Waals surface area contributed by atoms with Gasteiger partial charge in [0.1, 0.15) is 6.10 Å². The van der Waals surface area contributed by atoms with Crippen LogP contribution in [0, 0.1) is 0 Å². The van der Waals surface area contributed by atoms with E-state index in [1.807, 2.05) is 21.0 Å². The van der Waals surface area contributed by atoms with Gasteiger partial charge in [-0.15, -0.1) is 0 Å². The van der Waals surface area contributed by atoms with Crippen LogP contribution >= 0.6 is 0 Å². The minimum absolute atomic E-state index is 0.222. The Kier molecular flexibility index (Phi) is 7.40. The van der Waals surface area contributed by atoms with Crippen molar-refractivity contribution in [3.8, 4) is 0 Å². The molecule has 20 heavy (non-hydrogen) atoms. The molecule has 0 N–H and O–H groups in total. The van der Waals surface area contributed by atoms with E-state index in [1.54, 1.807) is 6.92 Å². The van der Waals surface area contributed by atoms with Crippen LogP contribution in [0.25, 0.3) is 0 Å². The highest BCUT2D eigenvalue weighted by Crippen LogP contribution is 2.08. The lowest BCUT2D eigenvalue weighted by Gasteiger charge is -2.31.